The van der Waals surface area contributed by atoms with Gasteiger partial charge in [-0.15, -0.1) is 0 Å². The fourth-order valence-corrected chi connectivity index (χ4v) is 5.72. The van der Waals surface area contributed by atoms with Gasteiger partial charge in [0.2, 0.25) is 5.91 Å². The largest absolute Gasteiger partial charge is 0.377 e. The monoisotopic (exact) mass is 575 g/mol. The molecule has 1 aliphatic carbocycles. The molecule has 5 rings (SSSR count). The SMILES string of the molecule is CCCOCC1N=CC(c2ccc3nc(NC(=O)C4CC(N[C@@H](C)CNC(=O)c5cc(C)ccn5)C4)sc3c2)=CN1. The number of aliphatic imine (C=N–C) groups is 1. The van der Waals surface area contributed by atoms with Gasteiger partial charge in [0.15, 0.2) is 5.13 Å². The molecule has 2 atom stereocenters. The van der Waals surface area contributed by atoms with Gasteiger partial charge in [-0.1, -0.05) is 24.3 Å². The normalized spacial score (nSPS) is 20.6. The summed E-state index contributed by atoms with van der Waals surface area (Å²) < 4.78 is 6.58. The molecule has 0 radical (unpaired) electrons. The Balaban J connectivity index is 1.06. The Morgan fingerprint density at radius 3 is 2.83 bits per heavy atom. The third kappa shape index (κ3) is 7.55. The van der Waals surface area contributed by atoms with E-state index in [1.54, 1.807) is 12.3 Å². The number of pyridine rings is 1. The maximum atomic E-state index is 12.9. The van der Waals surface area contributed by atoms with Crippen LogP contribution in [0.4, 0.5) is 5.13 Å². The van der Waals surface area contributed by atoms with Crippen LogP contribution in [-0.2, 0) is 9.53 Å². The summed E-state index contributed by atoms with van der Waals surface area (Å²) in [6.45, 7) is 7.81. The molecule has 0 spiro atoms. The zero-order valence-electron chi connectivity index (χ0n) is 23.6. The number of nitrogens with one attached hydrogen (secondary N) is 4. The quantitative estimate of drug-likeness (QED) is 0.241. The van der Waals surface area contributed by atoms with Crippen LogP contribution in [0.25, 0.3) is 15.8 Å². The maximum Gasteiger partial charge on any atom is 0.269 e. The number of thiazole rings is 1. The molecule has 0 saturated heterocycles. The highest BCUT2D eigenvalue weighted by molar-refractivity contribution is 7.22. The molecule has 0 bridgehead atoms. The second-order valence-electron chi connectivity index (χ2n) is 10.7. The van der Waals surface area contributed by atoms with Crippen LogP contribution in [0.15, 0.2) is 47.7 Å². The number of ether oxygens (including phenoxy) is 1. The Morgan fingerprint density at radius 1 is 1.22 bits per heavy atom. The lowest BCUT2D eigenvalue weighted by Crippen LogP contribution is -2.51. The van der Waals surface area contributed by atoms with Crippen LogP contribution in [0, 0.1) is 12.8 Å². The first-order valence-electron chi connectivity index (χ1n) is 14.1. The molecular weight excluding hydrogens is 538 g/mol. The molecule has 1 fully saturated rings. The Bertz CT molecular complexity index is 1450. The second kappa shape index (κ2) is 13.3. The minimum absolute atomic E-state index is 0.00327. The molecular formula is C30H37N7O3S. The van der Waals surface area contributed by atoms with Crippen molar-refractivity contribution < 1.29 is 14.3 Å². The van der Waals surface area contributed by atoms with Gasteiger partial charge >= 0.3 is 0 Å². The fraction of sp³-hybridized carbons (Fsp3) is 0.433. The summed E-state index contributed by atoms with van der Waals surface area (Å²) in [5.74, 6) is -0.244. The molecule has 2 aromatic heterocycles. The van der Waals surface area contributed by atoms with Crippen LogP contribution in [0.3, 0.4) is 0 Å². The number of benzene rings is 1. The Kier molecular flexibility index (Phi) is 9.38. The number of fused-ring (bicyclic) bond motifs is 1. The molecule has 10 nitrogen and oxygen atoms in total. The van der Waals surface area contributed by atoms with Crippen molar-refractivity contribution in [1.82, 2.24) is 25.9 Å². The number of carbonyl (C=O) groups is 2. The zero-order valence-corrected chi connectivity index (χ0v) is 24.5. The van der Waals surface area contributed by atoms with Crippen LogP contribution in [0.1, 0.15) is 54.7 Å². The highest BCUT2D eigenvalue weighted by atomic mass is 32.1. The van der Waals surface area contributed by atoms with Gasteiger partial charge in [0.05, 0.1) is 16.8 Å². The van der Waals surface area contributed by atoms with Crippen molar-refractivity contribution in [2.45, 2.75) is 58.3 Å². The summed E-state index contributed by atoms with van der Waals surface area (Å²) in [5, 5.41) is 13.3. The zero-order chi connectivity index (χ0) is 28.8. The Labute approximate surface area is 244 Å². The molecule has 216 valence electrons. The van der Waals surface area contributed by atoms with Crippen molar-refractivity contribution in [2.24, 2.45) is 10.9 Å². The van der Waals surface area contributed by atoms with Crippen molar-refractivity contribution in [3.05, 3.63) is 59.5 Å². The van der Waals surface area contributed by atoms with Gasteiger partial charge in [0.25, 0.3) is 5.91 Å². The summed E-state index contributed by atoms with van der Waals surface area (Å²) >= 11 is 1.47. The third-order valence-electron chi connectivity index (χ3n) is 7.15. The van der Waals surface area contributed by atoms with E-state index < -0.39 is 0 Å². The lowest BCUT2D eigenvalue weighted by Gasteiger charge is -2.36. The number of rotatable bonds is 12. The Morgan fingerprint density at radius 2 is 2.07 bits per heavy atom. The van der Waals surface area contributed by atoms with Gasteiger partial charge < -0.3 is 26.0 Å². The van der Waals surface area contributed by atoms with Gasteiger partial charge in [-0.05, 0) is 68.5 Å². The summed E-state index contributed by atoms with van der Waals surface area (Å²) in [6, 6.07) is 10.0. The standard InChI is InChI=1S/C30H37N7O3S/c1-4-9-40-17-27-32-15-22(16-33-27)20-5-6-24-26(13-20)41-30(36-24)37-28(38)21-11-23(12-21)35-19(3)14-34-29(39)25-10-18(2)7-8-31-25/h5-8,10,13,15-16,19,21,23,27,32,35H,4,9,11-12,14,17H2,1-3H3,(H,34,39)(H,36,37,38)/t19-,21?,23?,27?/m0/s1. The first kappa shape index (κ1) is 28.8. The number of anilines is 1. The maximum absolute atomic E-state index is 12.9. The van der Waals surface area contributed by atoms with E-state index in [1.165, 1.54) is 11.3 Å². The first-order chi connectivity index (χ1) is 19.9. The topological polar surface area (TPSA) is 130 Å². The van der Waals surface area contributed by atoms with E-state index in [-0.39, 0.29) is 36.0 Å². The average Bonchev–Trinajstić information content (AvgIpc) is 3.35. The van der Waals surface area contributed by atoms with Crippen LogP contribution in [0.5, 0.6) is 0 Å². The number of amides is 2. The molecule has 1 unspecified atom stereocenters. The first-order valence-corrected chi connectivity index (χ1v) is 15.0. The van der Waals surface area contributed by atoms with E-state index in [1.807, 2.05) is 44.5 Å². The number of hydrogen-bond acceptors (Lipinski definition) is 9. The molecule has 2 aliphatic rings. The average molecular weight is 576 g/mol. The molecule has 41 heavy (non-hydrogen) atoms. The molecule has 1 aromatic carbocycles. The molecule has 3 aromatic rings. The Hall–Kier alpha value is -3.67. The fourth-order valence-electron chi connectivity index (χ4n) is 4.82. The van der Waals surface area contributed by atoms with Crippen molar-refractivity contribution >= 4 is 50.3 Å². The van der Waals surface area contributed by atoms with Gasteiger partial charge in [0, 0.05) is 55.3 Å². The second-order valence-corrected chi connectivity index (χ2v) is 11.7. The molecule has 1 saturated carbocycles. The summed E-state index contributed by atoms with van der Waals surface area (Å²) in [4.78, 5) is 38.5. The number of nitrogens with zero attached hydrogens (tertiary/aromatic N) is 3. The van der Waals surface area contributed by atoms with Gasteiger partial charge in [-0.25, -0.2) is 4.98 Å². The van der Waals surface area contributed by atoms with Gasteiger partial charge in [0.1, 0.15) is 11.9 Å². The van der Waals surface area contributed by atoms with E-state index in [4.69, 9.17) is 4.74 Å². The lowest BCUT2D eigenvalue weighted by atomic mass is 9.79. The number of allylic oxidation sites excluding steroid dienone is 1. The van der Waals surface area contributed by atoms with Crippen molar-refractivity contribution in [3.8, 4) is 0 Å². The van der Waals surface area contributed by atoms with E-state index >= 15 is 0 Å². The molecule has 4 N–H and O–H groups in total. The molecule has 2 amide bonds. The van der Waals surface area contributed by atoms with E-state index in [0.29, 0.717) is 24.0 Å². The van der Waals surface area contributed by atoms with Gasteiger partial charge in [-0.3, -0.25) is 19.6 Å². The predicted molar refractivity (Wildman–Crippen MR) is 163 cm³/mol. The van der Waals surface area contributed by atoms with Crippen molar-refractivity contribution in [3.63, 3.8) is 0 Å². The summed E-state index contributed by atoms with van der Waals surface area (Å²) in [6.07, 6.45) is 7.91. The minimum Gasteiger partial charge on any atom is -0.377 e. The highest BCUT2D eigenvalue weighted by Gasteiger charge is 2.35. The van der Waals surface area contributed by atoms with Gasteiger partial charge in [-0.2, -0.15) is 0 Å². The van der Waals surface area contributed by atoms with Crippen molar-refractivity contribution in [1.29, 1.82) is 0 Å². The predicted octanol–water partition coefficient (Wildman–Crippen LogP) is 3.89. The van der Waals surface area contributed by atoms with Crippen LogP contribution < -0.4 is 21.3 Å². The molecule has 1 aliphatic heterocycles. The third-order valence-corrected chi connectivity index (χ3v) is 8.08. The van der Waals surface area contributed by atoms with Crippen LogP contribution >= 0.6 is 11.3 Å². The lowest BCUT2D eigenvalue weighted by molar-refractivity contribution is -0.123. The number of aromatic nitrogens is 2. The molecule has 3 heterocycles. The van der Waals surface area contributed by atoms with Crippen LogP contribution in [0.2, 0.25) is 0 Å². The summed E-state index contributed by atoms with van der Waals surface area (Å²) in [5.41, 5.74) is 4.30. The minimum atomic E-state index is -0.182. The number of hydrogen-bond donors (Lipinski definition) is 4. The van der Waals surface area contributed by atoms with Crippen molar-refractivity contribution in [2.75, 3.05) is 25.1 Å². The van der Waals surface area contributed by atoms with E-state index in [2.05, 4.69) is 49.2 Å². The van der Waals surface area contributed by atoms with E-state index in [0.717, 1.165) is 52.8 Å². The smallest absolute Gasteiger partial charge is 0.269 e. The van der Waals surface area contributed by atoms with E-state index in [9.17, 15) is 9.59 Å². The van der Waals surface area contributed by atoms with Crippen LogP contribution in [-0.4, -0.2) is 66.0 Å². The summed E-state index contributed by atoms with van der Waals surface area (Å²) in [7, 11) is 0. The number of aryl methyl sites for hydroxylation is 1. The highest BCUT2D eigenvalue weighted by Crippen LogP contribution is 2.32. The molecule has 11 heteroatoms. The number of carbonyl (C=O) groups excluding carboxylic acids is 2.